The van der Waals surface area contributed by atoms with Gasteiger partial charge in [0, 0.05) is 0 Å². The Hall–Kier alpha value is -3.78. The van der Waals surface area contributed by atoms with Gasteiger partial charge < -0.3 is 14.2 Å². The van der Waals surface area contributed by atoms with Crippen molar-refractivity contribution >= 4 is 39.5 Å². The topological polar surface area (TPSA) is 77.1 Å². The quantitative estimate of drug-likeness (QED) is 0.189. The molecule has 4 rings (SSSR count). The molecule has 3 aromatic carbocycles. The van der Waals surface area contributed by atoms with E-state index in [1.165, 1.54) is 23.8 Å². The first-order valence-corrected chi connectivity index (χ1v) is 12.9. The van der Waals surface area contributed by atoms with Gasteiger partial charge >= 0.3 is 0 Å². The summed E-state index contributed by atoms with van der Waals surface area (Å²) in [5, 5.41) is 1.23. The number of nitrogens with one attached hydrogen (secondary N) is 1. The number of nitrogens with zero attached hydrogens (tertiary/aromatic N) is 1. The molecule has 0 bridgehead atoms. The molecule has 1 N–H and O–H groups in total. The molecule has 1 fully saturated rings. The van der Waals surface area contributed by atoms with Crippen molar-refractivity contribution in [1.82, 2.24) is 5.43 Å². The Kier molecular flexibility index (Phi) is 8.50. The van der Waals surface area contributed by atoms with Crippen LogP contribution in [0.3, 0.4) is 0 Å². The number of para-hydroxylation sites is 1. The second-order valence-electron chi connectivity index (χ2n) is 8.58. The lowest BCUT2D eigenvalue weighted by Crippen LogP contribution is -2.35. The van der Waals surface area contributed by atoms with Crippen molar-refractivity contribution in [1.29, 1.82) is 0 Å². The maximum Gasteiger partial charge on any atom is 0.282 e. The third-order valence-corrected chi connectivity index (χ3v) is 6.72. The highest BCUT2D eigenvalue weighted by Crippen LogP contribution is 2.37. The Morgan fingerprint density at radius 2 is 1.70 bits per heavy atom. The van der Waals surface area contributed by atoms with Gasteiger partial charge in [0.05, 0.1) is 17.3 Å². The lowest BCUT2D eigenvalue weighted by atomic mass is 9.99. The van der Waals surface area contributed by atoms with E-state index in [1.807, 2.05) is 18.2 Å². The Morgan fingerprint density at radius 3 is 2.38 bits per heavy atom. The summed E-state index contributed by atoms with van der Waals surface area (Å²) >= 11 is 3.52. The van der Waals surface area contributed by atoms with Crippen LogP contribution in [0.25, 0.3) is 6.08 Å². The van der Waals surface area contributed by atoms with Gasteiger partial charge in [0.25, 0.3) is 11.8 Å². The second-order valence-corrected chi connectivity index (χ2v) is 9.44. The largest absolute Gasteiger partial charge is 0.493 e. The number of benzene rings is 3. The summed E-state index contributed by atoms with van der Waals surface area (Å²) in [5.41, 5.74) is 5.11. The van der Waals surface area contributed by atoms with Gasteiger partial charge in [-0.15, -0.1) is 0 Å². The highest BCUT2D eigenvalue weighted by molar-refractivity contribution is 9.10. The van der Waals surface area contributed by atoms with E-state index in [0.29, 0.717) is 46.4 Å². The molecule has 7 nitrogen and oxygen atoms in total. The average molecular weight is 565 g/mol. The van der Waals surface area contributed by atoms with Crippen LogP contribution in [0.5, 0.6) is 17.2 Å². The lowest BCUT2D eigenvalue weighted by molar-refractivity contribution is -0.117. The Morgan fingerprint density at radius 1 is 1.00 bits per heavy atom. The first kappa shape index (κ1) is 26.3. The molecule has 192 valence electrons. The van der Waals surface area contributed by atoms with E-state index >= 15 is 0 Å². The van der Waals surface area contributed by atoms with Crippen molar-refractivity contribution in [2.24, 2.45) is 0 Å². The number of carbonyl (C=O) groups excluding carboxylic acids is 2. The van der Waals surface area contributed by atoms with Gasteiger partial charge in [-0.25, -0.2) is 5.01 Å². The minimum absolute atomic E-state index is 0.0271. The molecular formula is C29H29BrN2O5. The zero-order valence-electron chi connectivity index (χ0n) is 21.0. The molecule has 3 aromatic rings. The molecule has 1 aliphatic heterocycles. The van der Waals surface area contributed by atoms with Crippen molar-refractivity contribution in [2.45, 2.75) is 26.2 Å². The first-order valence-electron chi connectivity index (χ1n) is 12.1. The third-order valence-electron chi connectivity index (χ3n) is 6.13. The molecule has 8 heteroatoms. The van der Waals surface area contributed by atoms with Gasteiger partial charge in [0.1, 0.15) is 24.5 Å². The normalized spacial score (nSPS) is 15.0. The van der Waals surface area contributed by atoms with Gasteiger partial charge in [0.2, 0.25) is 0 Å². The van der Waals surface area contributed by atoms with Gasteiger partial charge in [-0.2, -0.15) is 0 Å². The summed E-state index contributed by atoms with van der Waals surface area (Å²) in [6.45, 7) is 5.03. The van der Waals surface area contributed by atoms with E-state index in [9.17, 15) is 9.59 Å². The van der Waals surface area contributed by atoms with Crippen LogP contribution >= 0.6 is 15.9 Å². The molecule has 0 aliphatic carbocycles. The Bertz CT molecular complexity index is 1290. The highest BCUT2D eigenvalue weighted by Gasteiger charge is 2.34. The molecule has 1 heterocycles. The number of hydrogen-bond acceptors (Lipinski definition) is 5. The summed E-state index contributed by atoms with van der Waals surface area (Å²) in [5.74, 6) is 1.37. The summed E-state index contributed by atoms with van der Waals surface area (Å²) in [6, 6.07) is 20.5. The number of ether oxygens (including phenoxy) is 3. The van der Waals surface area contributed by atoms with Crippen LogP contribution in [0.1, 0.15) is 37.3 Å². The monoisotopic (exact) mass is 564 g/mol. The minimum atomic E-state index is -0.474. The fraction of sp³-hybridized carbons (Fsp3) is 0.241. The summed E-state index contributed by atoms with van der Waals surface area (Å²) in [7, 11) is 1.53. The van der Waals surface area contributed by atoms with Crippen molar-refractivity contribution in [3.8, 4) is 17.2 Å². The molecule has 0 spiro atoms. The SMILES string of the molecule is CC[C@H](C)c1ccc(OCCOc2c(Br)cc(/C=C3/C(=O)NN(c4ccccc4)C3=O)cc2OC)cc1. The zero-order chi connectivity index (χ0) is 26.4. The van der Waals surface area contributed by atoms with Crippen LogP contribution in [0.4, 0.5) is 5.69 Å². The minimum Gasteiger partial charge on any atom is -0.493 e. The van der Waals surface area contributed by atoms with E-state index in [2.05, 4.69) is 47.3 Å². The Labute approximate surface area is 225 Å². The molecule has 1 atom stereocenters. The van der Waals surface area contributed by atoms with Crippen molar-refractivity contribution in [2.75, 3.05) is 25.3 Å². The molecule has 0 unspecified atom stereocenters. The molecule has 1 saturated heterocycles. The predicted octanol–water partition coefficient (Wildman–Crippen LogP) is 5.89. The van der Waals surface area contributed by atoms with E-state index in [4.69, 9.17) is 14.2 Å². The number of amides is 2. The van der Waals surface area contributed by atoms with Crippen LogP contribution in [0.2, 0.25) is 0 Å². The van der Waals surface area contributed by atoms with Crippen LogP contribution in [0, 0.1) is 0 Å². The van der Waals surface area contributed by atoms with Crippen LogP contribution < -0.4 is 24.6 Å². The average Bonchev–Trinajstić information content (AvgIpc) is 3.20. The summed E-state index contributed by atoms with van der Waals surface area (Å²) < 4.78 is 17.9. The van der Waals surface area contributed by atoms with Crippen LogP contribution in [-0.2, 0) is 9.59 Å². The molecule has 37 heavy (non-hydrogen) atoms. The van der Waals surface area contributed by atoms with Crippen LogP contribution in [0.15, 0.2) is 76.8 Å². The number of hydrazine groups is 1. The smallest absolute Gasteiger partial charge is 0.282 e. The van der Waals surface area contributed by atoms with Crippen molar-refractivity contribution in [3.63, 3.8) is 0 Å². The molecular weight excluding hydrogens is 536 g/mol. The summed E-state index contributed by atoms with van der Waals surface area (Å²) in [6.07, 6.45) is 2.63. The van der Waals surface area contributed by atoms with Crippen molar-refractivity contribution in [3.05, 3.63) is 87.9 Å². The number of halogens is 1. The third kappa shape index (κ3) is 6.14. The lowest BCUT2D eigenvalue weighted by Gasteiger charge is -2.15. The first-order chi connectivity index (χ1) is 17.9. The van der Waals surface area contributed by atoms with Crippen molar-refractivity contribution < 1.29 is 23.8 Å². The van der Waals surface area contributed by atoms with Gasteiger partial charge in [-0.05, 0) is 81.9 Å². The molecule has 0 aromatic heterocycles. The highest BCUT2D eigenvalue weighted by atomic mass is 79.9. The number of methoxy groups -OCH3 is 1. The Balaban J connectivity index is 1.41. The van der Waals surface area contributed by atoms with E-state index in [0.717, 1.165) is 12.2 Å². The molecule has 2 amide bonds. The van der Waals surface area contributed by atoms with Crippen LogP contribution in [-0.4, -0.2) is 32.1 Å². The molecule has 0 radical (unpaired) electrons. The standard InChI is InChI=1S/C29H29BrN2O5/c1-4-19(2)21-10-12-23(13-11-21)36-14-15-37-27-25(30)17-20(18-26(27)35-3)16-24-28(33)31-32(29(24)34)22-8-6-5-7-9-22/h5-13,16-19H,4,14-15H2,1-3H3,(H,31,33)/b24-16-/t19-/m0/s1. The molecule has 1 aliphatic rings. The molecule has 0 saturated carbocycles. The number of rotatable bonds is 10. The maximum atomic E-state index is 12.9. The fourth-order valence-corrected chi connectivity index (χ4v) is 4.45. The van der Waals surface area contributed by atoms with Gasteiger partial charge in [0.15, 0.2) is 11.5 Å². The summed E-state index contributed by atoms with van der Waals surface area (Å²) in [4.78, 5) is 25.4. The van der Waals surface area contributed by atoms with E-state index in [-0.39, 0.29) is 5.57 Å². The van der Waals surface area contributed by atoms with E-state index in [1.54, 1.807) is 36.4 Å². The van der Waals surface area contributed by atoms with Gasteiger partial charge in [-0.3, -0.25) is 15.0 Å². The van der Waals surface area contributed by atoms with Gasteiger partial charge in [-0.1, -0.05) is 44.2 Å². The number of anilines is 1. The predicted molar refractivity (Wildman–Crippen MR) is 147 cm³/mol. The fourth-order valence-electron chi connectivity index (χ4n) is 3.88. The zero-order valence-corrected chi connectivity index (χ0v) is 22.6. The number of carbonyl (C=O) groups is 2. The number of hydrogen-bond donors (Lipinski definition) is 1. The second kappa shape index (κ2) is 12.0. The maximum absolute atomic E-state index is 12.9. The van der Waals surface area contributed by atoms with E-state index < -0.39 is 11.8 Å².